The lowest BCUT2D eigenvalue weighted by Gasteiger charge is -1.98. The van der Waals surface area contributed by atoms with Gasteiger partial charge in [-0.15, -0.1) is 0 Å². The topological polar surface area (TPSA) is 25.8 Å². The normalized spacial score (nSPS) is 10.8. The highest BCUT2D eigenvalue weighted by molar-refractivity contribution is 5.50. The van der Waals surface area contributed by atoms with Crippen LogP contribution in [0.4, 0.5) is 0 Å². The SMILES string of the molecule is CCCCCCCC/C=C/c1ccc(C#CC#Cc2ccc(/C=C/CCCCCCCC)cn2)nc1. The van der Waals surface area contributed by atoms with Crippen molar-refractivity contribution >= 4 is 12.2 Å². The minimum Gasteiger partial charge on any atom is -0.247 e. The average molecular weight is 481 g/mol. The van der Waals surface area contributed by atoms with Crippen molar-refractivity contribution in [2.24, 2.45) is 0 Å². The van der Waals surface area contributed by atoms with E-state index in [0.29, 0.717) is 0 Å². The number of nitrogens with zero attached hydrogens (tertiary/aromatic N) is 2. The molecule has 0 saturated heterocycles. The molecule has 0 saturated carbocycles. The fourth-order valence-electron chi connectivity index (χ4n) is 3.87. The lowest BCUT2D eigenvalue weighted by Crippen LogP contribution is -1.83. The molecule has 2 nitrogen and oxygen atoms in total. The van der Waals surface area contributed by atoms with Crippen LogP contribution in [0.15, 0.2) is 48.8 Å². The molecule has 0 N–H and O–H groups in total. The van der Waals surface area contributed by atoms with Crippen molar-refractivity contribution in [3.8, 4) is 23.7 Å². The van der Waals surface area contributed by atoms with Crippen LogP contribution in [0.1, 0.15) is 126 Å². The number of unbranched alkanes of at least 4 members (excludes halogenated alkanes) is 12. The summed E-state index contributed by atoms with van der Waals surface area (Å²) in [6.45, 7) is 4.52. The largest absolute Gasteiger partial charge is 0.247 e. The average Bonchev–Trinajstić information content (AvgIpc) is 2.91. The van der Waals surface area contributed by atoms with Gasteiger partial charge in [-0.3, -0.25) is 0 Å². The van der Waals surface area contributed by atoms with Crippen LogP contribution in [0.3, 0.4) is 0 Å². The van der Waals surface area contributed by atoms with Crippen molar-refractivity contribution in [3.05, 3.63) is 71.3 Å². The third-order valence-electron chi connectivity index (χ3n) is 6.09. The number of pyridine rings is 2. The van der Waals surface area contributed by atoms with E-state index < -0.39 is 0 Å². The third kappa shape index (κ3) is 14.3. The first-order chi connectivity index (χ1) is 17.8. The molecule has 0 aliphatic heterocycles. The fourth-order valence-corrected chi connectivity index (χ4v) is 3.87. The molecule has 2 heteroatoms. The Bertz CT molecular complexity index is 920. The Kier molecular flexibility index (Phi) is 16.3. The highest BCUT2D eigenvalue weighted by atomic mass is 14.7. The summed E-state index contributed by atoms with van der Waals surface area (Å²) in [5.74, 6) is 11.8. The standard InChI is InChI=1S/C34H44N2/c1-3-5-7-9-11-13-15-17-21-31-25-27-33(35-29-31)23-19-20-24-34-28-26-32(30-36-34)22-18-16-14-12-10-8-6-4-2/h17-18,21-22,25-30H,3-16H2,1-2H3/b21-17+,22-18+. The molecule has 0 spiro atoms. The summed E-state index contributed by atoms with van der Waals surface area (Å²) in [5.41, 5.74) is 3.69. The first-order valence-electron chi connectivity index (χ1n) is 14.1. The van der Waals surface area contributed by atoms with Crippen molar-refractivity contribution in [2.75, 3.05) is 0 Å². The van der Waals surface area contributed by atoms with Gasteiger partial charge in [-0.2, -0.15) is 0 Å². The van der Waals surface area contributed by atoms with Gasteiger partial charge >= 0.3 is 0 Å². The zero-order valence-corrected chi connectivity index (χ0v) is 22.6. The fraction of sp³-hybridized carbons (Fsp3) is 0.471. The van der Waals surface area contributed by atoms with Gasteiger partial charge in [0.1, 0.15) is 11.4 Å². The van der Waals surface area contributed by atoms with E-state index in [-0.39, 0.29) is 0 Å². The van der Waals surface area contributed by atoms with Gasteiger partial charge in [0.25, 0.3) is 0 Å². The van der Waals surface area contributed by atoms with Crippen LogP contribution in [0, 0.1) is 23.7 Å². The van der Waals surface area contributed by atoms with E-state index in [9.17, 15) is 0 Å². The molecule has 0 fully saturated rings. The maximum absolute atomic E-state index is 4.43. The maximum atomic E-state index is 4.43. The van der Waals surface area contributed by atoms with E-state index in [1.165, 1.54) is 77.0 Å². The molecular formula is C34H44N2. The highest BCUT2D eigenvalue weighted by Gasteiger charge is 1.93. The van der Waals surface area contributed by atoms with Crippen molar-refractivity contribution in [1.29, 1.82) is 0 Å². The molecule has 0 radical (unpaired) electrons. The quantitative estimate of drug-likeness (QED) is 0.177. The minimum absolute atomic E-state index is 0.733. The molecule has 2 aromatic heterocycles. The van der Waals surface area contributed by atoms with Crippen LogP contribution < -0.4 is 0 Å². The summed E-state index contributed by atoms with van der Waals surface area (Å²) in [6.07, 6.45) is 30.8. The molecule has 0 aromatic carbocycles. The van der Waals surface area contributed by atoms with Crippen LogP contribution in [0.25, 0.3) is 12.2 Å². The van der Waals surface area contributed by atoms with Gasteiger partial charge < -0.3 is 0 Å². The highest BCUT2D eigenvalue weighted by Crippen LogP contribution is 2.10. The Hall–Kier alpha value is -3.10. The molecule has 2 rings (SSSR count). The van der Waals surface area contributed by atoms with Crippen molar-refractivity contribution in [3.63, 3.8) is 0 Å². The molecule has 2 heterocycles. The minimum atomic E-state index is 0.733. The Morgan fingerprint density at radius 3 is 1.36 bits per heavy atom. The van der Waals surface area contributed by atoms with E-state index in [2.05, 4.69) is 83.9 Å². The van der Waals surface area contributed by atoms with Crippen LogP contribution >= 0.6 is 0 Å². The first kappa shape index (κ1) is 29.1. The maximum Gasteiger partial charge on any atom is 0.114 e. The summed E-state index contributed by atoms with van der Waals surface area (Å²) in [6, 6.07) is 8.01. The number of rotatable bonds is 16. The van der Waals surface area contributed by atoms with Crippen LogP contribution in [-0.2, 0) is 0 Å². The Balaban J connectivity index is 1.69. The second-order valence-electron chi connectivity index (χ2n) is 9.37. The first-order valence-corrected chi connectivity index (χ1v) is 14.1. The Morgan fingerprint density at radius 1 is 0.556 bits per heavy atom. The van der Waals surface area contributed by atoms with Crippen molar-refractivity contribution in [1.82, 2.24) is 9.97 Å². The van der Waals surface area contributed by atoms with E-state index in [1.807, 2.05) is 24.5 Å². The summed E-state index contributed by atoms with van der Waals surface area (Å²) in [5, 5.41) is 0. The van der Waals surface area contributed by atoms with E-state index >= 15 is 0 Å². The van der Waals surface area contributed by atoms with E-state index in [4.69, 9.17) is 0 Å². The van der Waals surface area contributed by atoms with E-state index in [0.717, 1.165) is 35.4 Å². The lowest BCUT2D eigenvalue weighted by molar-refractivity contribution is 0.611. The molecule has 0 aliphatic rings. The summed E-state index contributed by atoms with van der Waals surface area (Å²) >= 11 is 0. The van der Waals surface area contributed by atoms with Crippen LogP contribution in [-0.4, -0.2) is 9.97 Å². The van der Waals surface area contributed by atoms with Crippen molar-refractivity contribution in [2.45, 2.75) is 104 Å². The zero-order chi connectivity index (χ0) is 25.5. The molecule has 0 amide bonds. The van der Waals surface area contributed by atoms with Crippen LogP contribution in [0.2, 0.25) is 0 Å². The number of hydrogen-bond acceptors (Lipinski definition) is 2. The Labute approximate surface area is 220 Å². The molecule has 0 atom stereocenters. The molecule has 0 bridgehead atoms. The van der Waals surface area contributed by atoms with Gasteiger partial charge in [-0.1, -0.05) is 114 Å². The molecule has 0 unspecified atom stereocenters. The number of hydrogen-bond donors (Lipinski definition) is 0. The molecular weight excluding hydrogens is 436 g/mol. The van der Waals surface area contributed by atoms with Gasteiger partial charge in [0.15, 0.2) is 0 Å². The zero-order valence-electron chi connectivity index (χ0n) is 22.6. The Morgan fingerprint density at radius 2 is 0.972 bits per heavy atom. The van der Waals surface area contributed by atoms with Crippen molar-refractivity contribution < 1.29 is 0 Å². The van der Waals surface area contributed by atoms with Gasteiger partial charge in [0.2, 0.25) is 0 Å². The van der Waals surface area contributed by atoms with E-state index in [1.54, 1.807) is 0 Å². The van der Waals surface area contributed by atoms with Gasteiger partial charge in [0, 0.05) is 12.4 Å². The number of aromatic nitrogens is 2. The van der Waals surface area contributed by atoms with Crippen LogP contribution in [0.5, 0.6) is 0 Å². The molecule has 0 aliphatic carbocycles. The monoisotopic (exact) mass is 480 g/mol. The van der Waals surface area contributed by atoms with Gasteiger partial charge in [-0.05, 0) is 72.6 Å². The molecule has 2 aromatic rings. The third-order valence-corrected chi connectivity index (χ3v) is 6.09. The smallest absolute Gasteiger partial charge is 0.114 e. The number of allylic oxidation sites excluding steroid dienone is 2. The predicted molar refractivity (Wildman–Crippen MR) is 156 cm³/mol. The second kappa shape index (κ2) is 20.1. The summed E-state index contributed by atoms with van der Waals surface area (Å²) in [7, 11) is 0. The van der Waals surface area contributed by atoms with Gasteiger partial charge in [0.05, 0.1) is 0 Å². The molecule has 36 heavy (non-hydrogen) atoms. The van der Waals surface area contributed by atoms with Gasteiger partial charge in [-0.25, -0.2) is 9.97 Å². The second-order valence-corrected chi connectivity index (χ2v) is 9.37. The lowest BCUT2D eigenvalue weighted by atomic mass is 10.1. The summed E-state index contributed by atoms with van der Waals surface area (Å²) in [4.78, 5) is 8.86. The summed E-state index contributed by atoms with van der Waals surface area (Å²) < 4.78 is 0. The molecule has 190 valence electrons. The predicted octanol–water partition coefficient (Wildman–Crippen LogP) is 9.41.